The minimum Gasteiger partial charge on any atom is -0.494 e. The topological polar surface area (TPSA) is 394 Å². The van der Waals surface area contributed by atoms with Crippen molar-refractivity contribution in [2.45, 2.75) is 37.8 Å². The third kappa shape index (κ3) is 32.7. The molecule has 0 aliphatic carbocycles. The highest BCUT2D eigenvalue weighted by Crippen LogP contribution is 2.39. The number of nitrogens with zero attached hydrogens (tertiary/aromatic N) is 15. The van der Waals surface area contributed by atoms with Crippen LogP contribution in [0.2, 0.25) is 5.02 Å². The van der Waals surface area contributed by atoms with Gasteiger partial charge in [-0.15, -0.1) is 0 Å². The Morgan fingerprint density at radius 1 is 0.378 bits per heavy atom. The Morgan fingerprint density at radius 3 is 1.13 bits per heavy atom. The van der Waals surface area contributed by atoms with Crippen LogP contribution in [0.25, 0.3) is 0 Å². The zero-order valence-corrected chi connectivity index (χ0v) is 84.0. The smallest absolute Gasteiger partial charge is 0.247 e. The fourth-order valence-corrected chi connectivity index (χ4v) is 16.7. The lowest BCUT2D eigenvalue weighted by molar-refractivity contribution is -0.112. The number of hydrogen-bond donors (Lipinski definition) is 12. The van der Waals surface area contributed by atoms with Crippen molar-refractivity contribution in [2.24, 2.45) is 0 Å². The van der Waals surface area contributed by atoms with E-state index in [9.17, 15) is 32.3 Å². The predicted octanol–water partition coefficient (Wildman–Crippen LogP) is 17.6. The molecule has 5 fully saturated rings. The molecule has 0 spiro atoms. The van der Waals surface area contributed by atoms with Crippen LogP contribution in [0.3, 0.4) is 0 Å². The summed E-state index contributed by atoms with van der Waals surface area (Å²) in [6.45, 7) is 32.7. The van der Waals surface area contributed by atoms with Crippen LogP contribution in [0.4, 0.5) is 140 Å². The van der Waals surface area contributed by atoms with Crippen molar-refractivity contribution in [2.75, 3.05) is 240 Å². The van der Waals surface area contributed by atoms with Crippen LogP contribution in [-0.2, 0) is 28.7 Å². The van der Waals surface area contributed by atoms with E-state index >= 15 is 0 Å². The van der Waals surface area contributed by atoms with E-state index in [1.54, 1.807) is 143 Å². The maximum Gasteiger partial charge on any atom is 0.247 e. The molecule has 0 radical (unpaired) electrons. The molecule has 9 heterocycles. The molecule has 0 atom stereocenters. The second kappa shape index (κ2) is 54.7. The molecule has 0 unspecified atom stereocenters. The quantitative estimate of drug-likeness (QED) is 0.0126. The van der Waals surface area contributed by atoms with Crippen molar-refractivity contribution < 1.29 is 60.8 Å². The average Bonchev–Trinajstić information content (AvgIpc) is 0.811. The Hall–Kier alpha value is -16.1. The van der Waals surface area contributed by atoms with Crippen LogP contribution >= 0.6 is 11.6 Å². The summed E-state index contributed by atoms with van der Waals surface area (Å²) in [5, 5.41) is 35.6. The molecule has 4 aromatic heterocycles. The van der Waals surface area contributed by atoms with Gasteiger partial charge in [-0.2, -0.15) is 19.9 Å². The van der Waals surface area contributed by atoms with Crippen LogP contribution < -0.4 is 92.5 Å². The number of methoxy groups -OCH3 is 3. The highest BCUT2D eigenvalue weighted by molar-refractivity contribution is 6.33. The normalized spacial score (nSPS) is 14.6. The Bertz CT molecular complexity index is 6280. The fourth-order valence-electron chi connectivity index (χ4n) is 16.5. The highest BCUT2D eigenvalue weighted by Gasteiger charge is 2.31. The average molecular weight is 2040 g/mol. The lowest BCUT2D eigenvalue weighted by Gasteiger charge is -2.42. The molecule has 4 amide bonds. The minimum absolute atomic E-state index is 0.00601. The van der Waals surface area contributed by atoms with Crippen molar-refractivity contribution in [1.29, 1.82) is 0 Å². The third-order valence-corrected chi connectivity index (χ3v) is 24.7. The predicted molar refractivity (Wildman–Crippen MR) is 578 cm³/mol. The summed E-state index contributed by atoms with van der Waals surface area (Å²) in [6, 6.07) is 55.8. The van der Waals surface area contributed by atoms with Crippen LogP contribution in [0.5, 0.6) is 23.0 Å². The number of piperidine rings is 2. The van der Waals surface area contributed by atoms with E-state index < -0.39 is 17.5 Å². The van der Waals surface area contributed by atoms with Crippen molar-refractivity contribution in [1.82, 2.24) is 64.4 Å². The van der Waals surface area contributed by atoms with Gasteiger partial charge in [0.25, 0.3) is 0 Å². The number of carbonyl (C=O) groups excluding carboxylic acids is 4. The van der Waals surface area contributed by atoms with Gasteiger partial charge in [-0.05, 0) is 198 Å². The molecular weight excluding hydrogens is 1920 g/mol. The van der Waals surface area contributed by atoms with Gasteiger partial charge >= 0.3 is 0 Å². The van der Waals surface area contributed by atoms with E-state index in [-0.39, 0.29) is 58.9 Å². The maximum absolute atomic E-state index is 14.6. The van der Waals surface area contributed by atoms with Crippen LogP contribution in [0.1, 0.15) is 25.7 Å². The molecule has 12 aromatic rings. The summed E-state index contributed by atoms with van der Waals surface area (Å²) < 4.78 is 76.3. The van der Waals surface area contributed by atoms with Gasteiger partial charge in [0, 0.05) is 204 Å². The largest absolute Gasteiger partial charge is 0.494 e. The van der Waals surface area contributed by atoms with E-state index in [1.807, 2.05) is 42.5 Å². The second-order valence-electron chi connectivity index (χ2n) is 34.7. The van der Waals surface area contributed by atoms with Gasteiger partial charge in [-0.1, -0.05) is 68.2 Å². The van der Waals surface area contributed by atoms with E-state index in [2.05, 4.69) is 197 Å². The number of ether oxygens (including phenoxy) is 6. The number of rotatable bonds is 38. The van der Waals surface area contributed by atoms with Gasteiger partial charge in [-0.3, -0.25) is 33.9 Å². The zero-order chi connectivity index (χ0) is 104. The highest BCUT2D eigenvalue weighted by atomic mass is 35.5. The summed E-state index contributed by atoms with van der Waals surface area (Å²) in [5.41, 5.74) is 9.76. The minimum atomic E-state index is -0.613. The first-order valence-corrected chi connectivity index (χ1v) is 48.7. The van der Waals surface area contributed by atoms with E-state index in [1.165, 1.54) is 56.4 Å². The van der Waals surface area contributed by atoms with Crippen molar-refractivity contribution in [3.05, 3.63) is 280 Å². The molecule has 5 aliphatic rings. The lowest BCUT2D eigenvalue weighted by atomic mass is 10.0. The molecule has 0 saturated carbocycles. The number of piperazine rings is 2. The van der Waals surface area contributed by atoms with E-state index in [4.69, 9.17) is 40.0 Å². The standard InChI is InChI=1S/C30H37ClN8O2.C30H37FN8O2.C25H27FN6O3.C22H22FN5O3/c2*1-4-28(40)33-21-6-5-7-22(18-21)34-29-25(31)20-32-30(36-29)35-26-9-8-24(19-27(26)41-3)38-12-10-23(11-13-38)39-16-14-37(2)15-17-39;1-2-23(33)28-18-5-3-6-19(15-18)30-25-27-17-22(26)24(31-25)29-20-7-4-8-21(16-20)35-14-11-32-9-12-34-13-10-32;1-3-20(29)25-16-5-4-6-17(13-16)27-22-24-14-19(23)21(28-22)26-15-7-9-18(10-8-15)31-12-11-30-2/h2*4-9,18-20,23H,1,10-17H2,2-3H3,(H,33,40)(H2,32,34,35,36);2-8,15-17H,1,9-14H2,(H,28,33)(H2,27,29,30,31);3-10,13-14H,1,11-12H2,2H3,(H,25,29)(H2,24,26,27,28). The Labute approximate surface area is 863 Å². The molecule has 5 aliphatic heterocycles. The number of amides is 4. The number of benzene rings is 8. The first-order chi connectivity index (χ1) is 72.0. The summed E-state index contributed by atoms with van der Waals surface area (Å²) >= 11 is 6.39. The Morgan fingerprint density at radius 2 is 0.730 bits per heavy atom. The van der Waals surface area contributed by atoms with Gasteiger partial charge in [0.15, 0.2) is 40.7 Å². The van der Waals surface area contributed by atoms with Crippen LogP contribution in [0, 0.1) is 17.5 Å². The van der Waals surface area contributed by atoms with Crippen molar-refractivity contribution in [3.63, 3.8) is 0 Å². The number of carbonyl (C=O) groups is 4. The third-order valence-electron chi connectivity index (χ3n) is 24.5. The van der Waals surface area contributed by atoms with Crippen molar-refractivity contribution in [3.8, 4) is 23.0 Å². The second-order valence-corrected chi connectivity index (χ2v) is 35.1. The molecule has 774 valence electrons. The summed E-state index contributed by atoms with van der Waals surface area (Å²) in [7, 11) is 9.29. The van der Waals surface area contributed by atoms with Gasteiger partial charge in [0.2, 0.25) is 47.4 Å². The lowest BCUT2D eigenvalue weighted by Crippen LogP contribution is -2.52. The summed E-state index contributed by atoms with van der Waals surface area (Å²) in [6.07, 6.45) is 14.2. The van der Waals surface area contributed by atoms with Crippen LogP contribution in [0.15, 0.2) is 257 Å². The molecule has 148 heavy (non-hydrogen) atoms. The molecule has 8 aromatic carbocycles. The molecule has 12 N–H and O–H groups in total. The number of aromatic nitrogens is 8. The van der Waals surface area contributed by atoms with E-state index in [0.29, 0.717) is 134 Å². The Balaban J connectivity index is 0.000000157. The Kier molecular flexibility index (Phi) is 39.8. The fraction of sp³-hybridized carbons (Fsp3) is 0.290. The first kappa shape index (κ1) is 108. The van der Waals surface area contributed by atoms with Gasteiger partial charge in [0.05, 0.1) is 70.2 Å². The molecular formula is C107H123ClF3N27O10. The van der Waals surface area contributed by atoms with Gasteiger partial charge in [-0.25, -0.2) is 33.1 Å². The summed E-state index contributed by atoms with van der Waals surface area (Å²) in [5.74, 6) is 1.06. The van der Waals surface area contributed by atoms with Crippen molar-refractivity contribution >= 4 is 162 Å². The number of likely N-dealkylation sites (N-methyl/N-ethyl adjacent to an activating group) is 2. The SMILES string of the molecule is C=CC(=O)Nc1cccc(Nc2nc(Nc3ccc(N4CCC(N5CCN(C)CC5)CC4)cc3OC)ncc2Cl)c1.C=CC(=O)Nc1cccc(Nc2nc(Nc3ccc(N4CCC(N5CCN(C)CC5)CC4)cc3OC)ncc2F)c1.C=CC(=O)Nc1cccc(Nc2ncc(F)c(Nc3ccc(OCCOC)cc3)n2)c1.C=CC(=O)Nc1cccc(Nc2ncc(F)c(Nc3cccc(OCCN4CCOCC4)c3)n2)c1. The van der Waals surface area contributed by atoms with E-state index in [0.717, 1.165) is 147 Å². The number of hydrogen-bond acceptors (Lipinski definition) is 33. The maximum atomic E-state index is 14.6. The molecule has 37 nitrogen and oxygen atoms in total. The van der Waals surface area contributed by atoms with Crippen LogP contribution in [-0.4, -0.2) is 267 Å². The number of nitrogens with one attached hydrogen (secondary N) is 12. The number of halogens is 4. The molecule has 17 rings (SSSR count). The monoisotopic (exact) mass is 2040 g/mol. The van der Waals surface area contributed by atoms with Gasteiger partial charge < -0.3 is 112 Å². The zero-order valence-electron chi connectivity index (χ0n) is 83.2. The molecule has 41 heteroatoms. The first-order valence-electron chi connectivity index (χ1n) is 48.4. The van der Waals surface area contributed by atoms with Gasteiger partial charge in [0.1, 0.15) is 41.2 Å². The number of anilines is 22. The summed E-state index contributed by atoms with van der Waals surface area (Å²) in [4.78, 5) is 97.3. The molecule has 0 bridgehead atoms. The number of morpholine rings is 1. The molecule has 5 saturated heterocycles.